The number of nitrogens with one attached hydrogen (secondary N) is 1. The van der Waals surface area contributed by atoms with Crippen molar-refractivity contribution in [1.82, 2.24) is 9.97 Å². The molecule has 1 N–H and O–H groups in total. The Morgan fingerprint density at radius 2 is 2.24 bits per heavy atom. The zero-order valence-electron chi connectivity index (χ0n) is 11.6. The van der Waals surface area contributed by atoms with Crippen LogP contribution in [0.15, 0.2) is 18.2 Å². The second kappa shape index (κ2) is 4.09. The Morgan fingerprint density at radius 3 is 3.00 bits per heavy atom. The van der Waals surface area contributed by atoms with Crippen molar-refractivity contribution in [3.8, 4) is 6.07 Å². The van der Waals surface area contributed by atoms with Crippen molar-refractivity contribution in [1.29, 1.82) is 5.26 Å². The zero-order chi connectivity index (χ0) is 14.8. The van der Waals surface area contributed by atoms with Crippen molar-refractivity contribution >= 4 is 33.8 Å². The number of rotatable bonds is 0. The van der Waals surface area contributed by atoms with Crippen LogP contribution in [0.3, 0.4) is 0 Å². The zero-order valence-corrected chi connectivity index (χ0v) is 13.2. The Labute approximate surface area is 131 Å². The van der Waals surface area contributed by atoms with Gasteiger partial charge < -0.3 is 4.98 Å². The first-order valence-electron chi connectivity index (χ1n) is 6.71. The molecule has 2 heterocycles. The van der Waals surface area contributed by atoms with Gasteiger partial charge in [-0.25, -0.2) is 4.98 Å². The van der Waals surface area contributed by atoms with Crippen LogP contribution in [0.1, 0.15) is 41.2 Å². The molecule has 5 heteroatoms. The molecule has 2 aromatic heterocycles. The van der Waals surface area contributed by atoms with Crippen LogP contribution >= 0.6 is 22.9 Å². The molecule has 0 amide bonds. The summed E-state index contributed by atoms with van der Waals surface area (Å²) in [6, 6.07) is 8.02. The van der Waals surface area contributed by atoms with Gasteiger partial charge in [0.1, 0.15) is 0 Å². The van der Waals surface area contributed by atoms with Crippen LogP contribution in [0, 0.1) is 11.3 Å². The largest absolute Gasteiger partial charge is 0.357 e. The average Bonchev–Trinajstić information content (AvgIpc) is 3.00. The summed E-state index contributed by atoms with van der Waals surface area (Å²) in [5, 5.41) is 10.2. The molecular weight excluding hydrogens is 302 g/mol. The summed E-state index contributed by atoms with van der Waals surface area (Å²) in [7, 11) is 0. The Hall–Kier alpha value is -1.83. The number of nitrogens with zero attached hydrogens (tertiary/aromatic N) is 2. The third-order valence-electron chi connectivity index (χ3n) is 4.26. The van der Waals surface area contributed by atoms with Crippen molar-refractivity contribution < 1.29 is 0 Å². The van der Waals surface area contributed by atoms with Crippen LogP contribution in [-0.2, 0) is 11.8 Å². The Balaban J connectivity index is 2.02. The van der Waals surface area contributed by atoms with Gasteiger partial charge in [0.25, 0.3) is 0 Å². The van der Waals surface area contributed by atoms with Gasteiger partial charge in [-0.2, -0.15) is 5.26 Å². The predicted molar refractivity (Wildman–Crippen MR) is 85.1 cm³/mol. The molecule has 3 aromatic rings. The molecule has 3 nitrogen and oxygen atoms in total. The van der Waals surface area contributed by atoms with Gasteiger partial charge in [-0.05, 0) is 31.5 Å². The van der Waals surface area contributed by atoms with Crippen LogP contribution < -0.4 is 0 Å². The van der Waals surface area contributed by atoms with E-state index in [4.69, 9.17) is 16.9 Å². The Morgan fingerprint density at radius 1 is 1.43 bits per heavy atom. The molecule has 0 bridgehead atoms. The number of thiazole rings is 1. The van der Waals surface area contributed by atoms with Crippen molar-refractivity contribution in [2.75, 3.05) is 0 Å². The van der Waals surface area contributed by atoms with Crippen LogP contribution in [0.25, 0.3) is 10.9 Å². The van der Waals surface area contributed by atoms with E-state index in [1.54, 1.807) is 11.3 Å². The molecule has 0 aliphatic heterocycles. The lowest BCUT2D eigenvalue weighted by Crippen LogP contribution is -2.26. The number of nitriles is 1. The van der Waals surface area contributed by atoms with Gasteiger partial charge >= 0.3 is 0 Å². The first kappa shape index (κ1) is 12.9. The fraction of sp³-hybridized carbons (Fsp3) is 0.250. The van der Waals surface area contributed by atoms with E-state index in [0.717, 1.165) is 17.6 Å². The number of benzene rings is 1. The van der Waals surface area contributed by atoms with Crippen molar-refractivity contribution in [2.24, 2.45) is 0 Å². The lowest BCUT2D eigenvalue weighted by atomic mass is 9.77. The maximum absolute atomic E-state index is 9.06. The normalized spacial score (nSPS) is 15.5. The molecule has 0 fully saturated rings. The number of halogens is 1. The molecule has 104 valence electrons. The Bertz CT molecular complexity index is 927. The minimum Gasteiger partial charge on any atom is -0.357 e. The fourth-order valence-electron chi connectivity index (χ4n) is 3.25. The van der Waals surface area contributed by atoms with E-state index in [-0.39, 0.29) is 5.41 Å². The summed E-state index contributed by atoms with van der Waals surface area (Å²) in [6.45, 7) is 4.33. The summed E-state index contributed by atoms with van der Waals surface area (Å²) >= 11 is 7.67. The van der Waals surface area contributed by atoms with Crippen molar-refractivity contribution in [2.45, 2.75) is 25.7 Å². The molecule has 0 atom stereocenters. The van der Waals surface area contributed by atoms with Gasteiger partial charge in [0.05, 0.1) is 17.3 Å². The molecule has 0 spiro atoms. The molecule has 0 unspecified atom stereocenters. The standard InChI is InChI=1S/C16H12ClN3S/c1-16(2)13-10(6-12-14(16)20-15(17)21-12)9-4-3-8(7-18)5-11(9)19-13/h3-5,19H,6H2,1-2H3. The molecule has 0 radical (unpaired) electrons. The van der Waals surface area contributed by atoms with E-state index >= 15 is 0 Å². The number of hydrogen-bond donors (Lipinski definition) is 1. The first-order chi connectivity index (χ1) is 10.0. The highest BCUT2D eigenvalue weighted by Gasteiger charge is 2.38. The summed E-state index contributed by atoms with van der Waals surface area (Å²) in [6.07, 6.45) is 0.852. The van der Waals surface area contributed by atoms with E-state index in [9.17, 15) is 0 Å². The van der Waals surface area contributed by atoms with Gasteiger partial charge in [0.2, 0.25) is 0 Å². The topological polar surface area (TPSA) is 52.5 Å². The second-order valence-electron chi connectivity index (χ2n) is 5.89. The fourth-order valence-corrected chi connectivity index (χ4v) is 4.57. The van der Waals surface area contributed by atoms with Gasteiger partial charge in [-0.1, -0.05) is 17.7 Å². The lowest BCUT2D eigenvalue weighted by molar-refractivity contribution is 0.580. The SMILES string of the molecule is CC1(C)c2nc(Cl)sc2Cc2c1[nH]c1cc(C#N)ccc21. The highest BCUT2D eigenvalue weighted by Crippen LogP contribution is 2.45. The van der Waals surface area contributed by atoms with Gasteiger partial charge in [-0.3, -0.25) is 0 Å². The first-order valence-corrected chi connectivity index (χ1v) is 7.91. The van der Waals surface area contributed by atoms with E-state index < -0.39 is 0 Å². The maximum Gasteiger partial charge on any atom is 0.184 e. The van der Waals surface area contributed by atoms with Gasteiger partial charge in [0, 0.05) is 33.3 Å². The number of aromatic nitrogens is 2. The van der Waals surface area contributed by atoms with Crippen molar-refractivity contribution in [3.05, 3.63) is 50.1 Å². The number of fused-ring (bicyclic) bond motifs is 4. The van der Waals surface area contributed by atoms with E-state index in [0.29, 0.717) is 10.0 Å². The van der Waals surface area contributed by atoms with Crippen LogP contribution in [-0.4, -0.2) is 9.97 Å². The molecule has 0 saturated heterocycles. The summed E-state index contributed by atoms with van der Waals surface area (Å²) in [5.74, 6) is 0. The molecule has 4 rings (SSSR count). The van der Waals surface area contributed by atoms with Gasteiger partial charge in [-0.15, -0.1) is 11.3 Å². The Kier molecular flexibility index (Phi) is 2.51. The molecule has 1 aliphatic carbocycles. The van der Waals surface area contributed by atoms with Crippen molar-refractivity contribution in [3.63, 3.8) is 0 Å². The summed E-state index contributed by atoms with van der Waals surface area (Å²) in [5.41, 5.74) is 5.05. The highest BCUT2D eigenvalue weighted by atomic mass is 35.5. The predicted octanol–water partition coefficient (Wildman–Crippen LogP) is 4.38. The maximum atomic E-state index is 9.06. The summed E-state index contributed by atoms with van der Waals surface area (Å²) < 4.78 is 0.606. The average molecular weight is 314 g/mol. The number of aromatic amines is 1. The van der Waals surface area contributed by atoms with Crippen LogP contribution in [0.5, 0.6) is 0 Å². The monoisotopic (exact) mass is 313 g/mol. The number of hydrogen-bond acceptors (Lipinski definition) is 3. The minimum absolute atomic E-state index is 0.196. The number of H-pyrrole nitrogens is 1. The second-order valence-corrected chi connectivity index (χ2v) is 7.56. The van der Waals surface area contributed by atoms with Crippen LogP contribution in [0.4, 0.5) is 0 Å². The smallest absolute Gasteiger partial charge is 0.184 e. The highest BCUT2D eigenvalue weighted by molar-refractivity contribution is 7.15. The van der Waals surface area contributed by atoms with E-state index in [1.807, 2.05) is 18.2 Å². The van der Waals surface area contributed by atoms with Gasteiger partial charge in [0.15, 0.2) is 4.47 Å². The third-order valence-corrected chi connectivity index (χ3v) is 5.42. The molecule has 21 heavy (non-hydrogen) atoms. The summed E-state index contributed by atoms with van der Waals surface area (Å²) in [4.78, 5) is 9.26. The molecule has 1 aliphatic rings. The third kappa shape index (κ3) is 1.68. The van der Waals surface area contributed by atoms with E-state index in [2.05, 4.69) is 29.9 Å². The quantitative estimate of drug-likeness (QED) is 0.669. The van der Waals surface area contributed by atoms with Crippen LogP contribution in [0.2, 0.25) is 4.47 Å². The minimum atomic E-state index is -0.196. The lowest BCUT2D eigenvalue weighted by Gasteiger charge is -2.28. The molecular formula is C16H12ClN3S. The molecule has 0 saturated carbocycles. The molecule has 1 aromatic carbocycles. The van der Waals surface area contributed by atoms with E-state index in [1.165, 1.54) is 21.5 Å².